The van der Waals surface area contributed by atoms with Crippen LogP contribution in [0.25, 0.3) is 0 Å². The van der Waals surface area contributed by atoms with Gasteiger partial charge in [0.1, 0.15) is 5.69 Å². The molecule has 3 fully saturated rings. The summed E-state index contributed by atoms with van der Waals surface area (Å²) in [6.45, 7) is 3.74. The molecule has 2 saturated heterocycles. The Morgan fingerprint density at radius 3 is 2.83 bits per heavy atom. The molecule has 3 heterocycles. The highest BCUT2D eigenvalue weighted by molar-refractivity contribution is 5.92. The fourth-order valence-corrected chi connectivity index (χ4v) is 5.64. The smallest absolute Gasteiger partial charge is 0.269 e. The first-order valence-corrected chi connectivity index (χ1v) is 10.5. The van der Waals surface area contributed by atoms with Gasteiger partial charge in [-0.3, -0.25) is 9.69 Å². The number of likely N-dealkylation sites (tertiary alicyclic amines) is 1. The minimum atomic E-state index is -0.385. The monoisotopic (exact) mass is 396 g/mol. The van der Waals surface area contributed by atoms with Crippen LogP contribution in [0.15, 0.2) is 42.9 Å². The number of carbonyl (C=O) groups excluding carboxylic acids is 1. The predicted molar refractivity (Wildman–Crippen MR) is 107 cm³/mol. The number of nitrogens with one attached hydrogen (secondary N) is 2. The Morgan fingerprint density at radius 2 is 2.10 bits per heavy atom. The lowest BCUT2D eigenvalue weighted by Gasteiger charge is -2.31. The predicted octanol–water partition coefficient (Wildman–Crippen LogP) is 1.39. The van der Waals surface area contributed by atoms with E-state index in [2.05, 4.69) is 44.5 Å². The second kappa shape index (κ2) is 7.55. The Hall–Kier alpha value is -2.22. The summed E-state index contributed by atoms with van der Waals surface area (Å²) in [7, 11) is 0. The van der Waals surface area contributed by atoms with E-state index in [4.69, 9.17) is 4.74 Å². The first kappa shape index (κ1) is 18.8. The van der Waals surface area contributed by atoms with Gasteiger partial charge in [-0.05, 0) is 30.2 Å². The van der Waals surface area contributed by atoms with Gasteiger partial charge in [0.05, 0.1) is 18.6 Å². The van der Waals surface area contributed by atoms with Gasteiger partial charge in [-0.25, -0.2) is 4.98 Å². The maximum absolute atomic E-state index is 12.4. The SMILES string of the molecule is O=C(NC[C@@H]1[C@@H](c2ccccc2)[C@]12CN(C1CCOCC1)C[C@H]2O)c1cnc[nH]1. The van der Waals surface area contributed by atoms with Crippen LogP contribution in [-0.4, -0.2) is 70.9 Å². The second-order valence-electron chi connectivity index (χ2n) is 8.57. The zero-order valence-corrected chi connectivity index (χ0v) is 16.5. The largest absolute Gasteiger partial charge is 0.391 e. The van der Waals surface area contributed by atoms with Crippen LogP contribution in [0.5, 0.6) is 0 Å². The van der Waals surface area contributed by atoms with E-state index >= 15 is 0 Å². The van der Waals surface area contributed by atoms with E-state index in [-0.39, 0.29) is 29.3 Å². The molecule has 3 N–H and O–H groups in total. The highest BCUT2D eigenvalue weighted by Gasteiger charge is 2.71. The number of rotatable bonds is 5. The Balaban J connectivity index is 1.35. The second-order valence-corrected chi connectivity index (χ2v) is 8.57. The molecule has 1 saturated carbocycles. The molecule has 1 spiro atoms. The molecule has 1 aromatic carbocycles. The Morgan fingerprint density at radius 1 is 1.31 bits per heavy atom. The number of hydrogen-bond donors (Lipinski definition) is 3. The number of imidazole rings is 1. The lowest BCUT2D eigenvalue weighted by atomic mass is 9.95. The number of amides is 1. The summed E-state index contributed by atoms with van der Waals surface area (Å²) in [5.41, 5.74) is 1.52. The zero-order valence-electron chi connectivity index (χ0n) is 16.5. The standard InChI is InChI=1S/C22H28N4O3/c27-19-12-26(16-6-8-29-9-7-16)13-22(19)17(20(22)15-4-2-1-3-5-15)10-24-21(28)18-11-23-14-25-18/h1-5,11,14,16-17,19-20,27H,6-10,12-13H2,(H,23,25)(H,24,28)/t17-,19-,20-,22-/m1/s1. The molecule has 1 aliphatic carbocycles. The maximum atomic E-state index is 12.4. The van der Waals surface area contributed by atoms with Crippen molar-refractivity contribution in [2.45, 2.75) is 30.9 Å². The summed E-state index contributed by atoms with van der Waals surface area (Å²) >= 11 is 0. The number of H-pyrrole nitrogens is 1. The molecule has 154 valence electrons. The van der Waals surface area contributed by atoms with Gasteiger partial charge >= 0.3 is 0 Å². The van der Waals surface area contributed by atoms with Crippen molar-refractivity contribution in [3.8, 4) is 0 Å². The van der Waals surface area contributed by atoms with Gasteiger partial charge < -0.3 is 20.1 Å². The van der Waals surface area contributed by atoms with Gasteiger partial charge in [-0.1, -0.05) is 30.3 Å². The molecule has 2 aliphatic heterocycles. The highest BCUT2D eigenvalue weighted by atomic mass is 16.5. The molecular weight excluding hydrogens is 368 g/mol. The molecule has 5 rings (SSSR count). The molecule has 7 nitrogen and oxygen atoms in total. The van der Waals surface area contributed by atoms with E-state index < -0.39 is 0 Å². The van der Waals surface area contributed by atoms with Crippen molar-refractivity contribution in [3.63, 3.8) is 0 Å². The third-order valence-electron chi connectivity index (χ3n) is 7.16. The highest BCUT2D eigenvalue weighted by Crippen LogP contribution is 2.69. The van der Waals surface area contributed by atoms with Crippen molar-refractivity contribution in [2.75, 3.05) is 32.8 Å². The topological polar surface area (TPSA) is 90.5 Å². The van der Waals surface area contributed by atoms with E-state index in [1.54, 1.807) is 0 Å². The molecule has 0 bridgehead atoms. The zero-order chi connectivity index (χ0) is 19.8. The van der Waals surface area contributed by atoms with E-state index in [9.17, 15) is 9.90 Å². The van der Waals surface area contributed by atoms with Crippen molar-refractivity contribution in [1.29, 1.82) is 0 Å². The molecule has 1 amide bonds. The minimum absolute atomic E-state index is 0.148. The van der Waals surface area contributed by atoms with Gasteiger partial charge in [-0.2, -0.15) is 0 Å². The number of aromatic nitrogens is 2. The van der Waals surface area contributed by atoms with E-state index in [1.165, 1.54) is 18.1 Å². The number of nitrogens with zero attached hydrogens (tertiary/aromatic N) is 2. The molecule has 0 radical (unpaired) electrons. The summed E-state index contributed by atoms with van der Waals surface area (Å²) in [5, 5.41) is 14.2. The molecule has 29 heavy (non-hydrogen) atoms. The van der Waals surface area contributed by atoms with Gasteiger partial charge in [0.15, 0.2) is 0 Å². The van der Waals surface area contributed by atoms with Crippen molar-refractivity contribution in [1.82, 2.24) is 20.2 Å². The summed E-state index contributed by atoms with van der Waals surface area (Å²) in [5.74, 6) is 0.326. The summed E-state index contributed by atoms with van der Waals surface area (Å²) in [6.07, 6.45) is 4.71. The molecule has 4 atom stereocenters. The van der Waals surface area contributed by atoms with Gasteiger partial charge in [0.2, 0.25) is 0 Å². The maximum Gasteiger partial charge on any atom is 0.269 e. The Labute approximate surface area is 170 Å². The van der Waals surface area contributed by atoms with Gasteiger partial charge in [-0.15, -0.1) is 0 Å². The number of aromatic amines is 1. The van der Waals surface area contributed by atoms with Crippen LogP contribution in [0.4, 0.5) is 0 Å². The first-order valence-electron chi connectivity index (χ1n) is 10.5. The summed E-state index contributed by atoms with van der Waals surface area (Å²) < 4.78 is 5.52. The van der Waals surface area contributed by atoms with Crippen molar-refractivity contribution in [2.24, 2.45) is 11.3 Å². The van der Waals surface area contributed by atoms with E-state index in [0.717, 1.165) is 32.6 Å². The van der Waals surface area contributed by atoms with E-state index in [0.29, 0.717) is 24.8 Å². The Bertz CT molecular complexity index is 837. The average molecular weight is 396 g/mol. The number of carbonyl (C=O) groups is 1. The third kappa shape index (κ3) is 3.27. The lowest BCUT2D eigenvalue weighted by molar-refractivity contribution is 0.0376. The first-order chi connectivity index (χ1) is 14.2. The summed E-state index contributed by atoms with van der Waals surface area (Å²) in [4.78, 5) is 21.6. The van der Waals surface area contributed by atoms with Crippen LogP contribution in [0.1, 0.15) is 34.8 Å². The van der Waals surface area contributed by atoms with Crippen LogP contribution in [0.2, 0.25) is 0 Å². The fraction of sp³-hybridized carbons (Fsp3) is 0.545. The molecule has 3 aliphatic rings. The third-order valence-corrected chi connectivity index (χ3v) is 7.16. The number of aliphatic hydroxyl groups is 1. The molecule has 0 unspecified atom stereocenters. The Kier molecular flexibility index (Phi) is 4.89. The van der Waals surface area contributed by atoms with Crippen molar-refractivity contribution >= 4 is 5.91 Å². The van der Waals surface area contributed by atoms with Gasteiger partial charge in [0.25, 0.3) is 5.91 Å². The average Bonchev–Trinajstić information content (AvgIpc) is 3.07. The van der Waals surface area contributed by atoms with Gasteiger partial charge in [0, 0.05) is 44.3 Å². The molecule has 1 aromatic heterocycles. The number of ether oxygens (including phenoxy) is 1. The normalized spacial score (nSPS) is 32.5. The van der Waals surface area contributed by atoms with Crippen molar-refractivity contribution in [3.05, 3.63) is 54.1 Å². The minimum Gasteiger partial charge on any atom is -0.391 e. The van der Waals surface area contributed by atoms with Crippen LogP contribution in [0, 0.1) is 11.3 Å². The fourth-order valence-electron chi connectivity index (χ4n) is 5.64. The quantitative estimate of drug-likeness (QED) is 0.711. The van der Waals surface area contributed by atoms with Crippen LogP contribution in [-0.2, 0) is 4.74 Å². The van der Waals surface area contributed by atoms with E-state index in [1.807, 2.05) is 6.07 Å². The van der Waals surface area contributed by atoms with Crippen molar-refractivity contribution < 1.29 is 14.6 Å². The number of β-amino-alcohol motifs (C(OH)–C–C–N with tert-alkyl or cyclic N) is 1. The summed E-state index contributed by atoms with van der Waals surface area (Å²) in [6, 6.07) is 10.9. The molecule has 2 aromatic rings. The van der Waals surface area contributed by atoms with Crippen LogP contribution >= 0.6 is 0 Å². The molecule has 7 heteroatoms. The lowest BCUT2D eigenvalue weighted by Crippen LogP contribution is -2.38. The molecular formula is C22H28N4O3. The number of aliphatic hydroxyl groups excluding tert-OH is 1. The number of benzene rings is 1. The number of hydrogen-bond acceptors (Lipinski definition) is 5. The van der Waals surface area contributed by atoms with Crippen LogP contribution in [0.3, 0.4) is 0 Å². The van der Waals surface area contributed by atoms with Crippen LogP contribution < -0.4 is 5.32 Å².